The van der Waals surface area contributed by atoms with Crippen LogP contribution in [0.4, 0.5) is 11.6 Å². The molecule has 1 atom stereocenters. The Kier molecular flexibility index (Phi) is 4.52. The Morgan fingerprint density at radius 2 is 1.82 bits per heavy atom. The van der Waals surface area contributed by atoms with Crippen LogP contribution >= 0.6 is 0 Å². The molecule has 0 aliphatic carbocycles. The highest BCUT2D eigenvalue weighted by Crippen LogP contribution is 2.24. The molecule has 8 nitrogen and oxygen atoms in total. The molecule has 4 heterocycles. The van der Waals surface area contributed by atoms with Crippen molar-refractivity contribution < 1.29 is 4.74 Å². The normalized spacial score (nSPS) is 12.2. The highest BCUT2D eigenvalue weighted by Gasteiger charge is 2.15. The van der Waals surface area contributed by atoms with Crippen molar-refractivity contribution >= 4 is 22.8 Å². The average molecular weight is 375 g/mol. The van der Waals surface area contributed by atoms with Crippen LogP contribution in [0.1, 0.15) is 12.7 Å². The van der Waals surface area contributed by atoms with Gasteiger partial charge in [0, 0.05) is 17.8 Å². The molecule has 0 aliphatic heterocycles. The van der Waals surface area contributed by atoms with Crippen molar-refractivity contribution in [2.45, 2.75) is 26.5 Å². The predicted molar refractivity (Wildman–Crippen MR) is 109 cm³/mol. The largest absolute Gasteiger partial charge is 0.473 e. The summed E-state index contributed by atoms with van der Waals surface area (Å²) in [6.45, 7) is 4.54. The highest BCUT2D eigenvalue weighted by molar-refractivity contribution is 5.77. The molecule has 4 aromatic heterocycles. The van der Waals surface area contributed by atoms with Gasteiger partial charge in [-0.3, -0.25) is 0 Å². The van der Waals surface area contributed by atoms with Gasteiger partial charge in [-0.15, -0.1) is 0 Å². The first kappa shape index (κ1) is 17.7. The van der Waals surface area contributed by atoms with Crippen LogP contribution in [-0.2, 0) is 6.54 Å². The topological polar surface area (TPSA) is 118 Å². The zero-order valence-corrected chi connectivity index (χ0v) is 15.7. The fourth-order valence-electron chi connectivity index (χ4n) is 3.13. The molecule has 0 saturated carbocycles. The first-order valence-electron chi connectivity index (χ1n) is 8.94. The van der Waals surface area contributed by atoms with E-state index in [0.717, 1.165) is 28.2 Å². The SMILES string of the molecule is Cc1nc2ccc(-c3cc(N)nc(N)c3)nc2n1C[C@@H](C)Oc1ccccn1. The second-order valence-corrected chi connectivity index (χ2v) is 6.61. The molecular weight excluding hydrogens is 354 g/mol. The highest BCUT2D eigenvalue weighted by atomic mass is 16.5. The Balaban J connectivity index is 1.67. The van der Waals surface area contributed by atoms with E-state index in [0.29, 0.717) is 24.1 Å². The molecule has 4 N–H and O–H groups in total. The maximum Gasteiger partial charge on any atom is 0.213 e. The number of anilines is 2. The third-order valence-corrected chi connectivity index (χ3v) is 4.34. The minimum absolute atomic E-state index is 0.108. The summed E-state index contributed by atoms with van der Waals surface area (Å²) >= 11 is 0. The number of rotatable bonds is 5. The second kappa shape index (κ2) is 7.15. The van der Waals surface area contributed by atoms with Crippen molar-refractivity contribution in [2.75, 3.05) is 11.5 Å². The predicted octanol–water partition coefficient (Wildman–Crippen LogP) is 2.83. The van der Waals surface area contributed by atoms with Crippen LogP contribution in [0.2, 0.25) is 0 Å². The van der Waals surface area contributed by atoms with Gasteiger partial charge in [0.05, 0.1) is 12.2 Å². The van der Waals surface area contributed by atoms with E-state index in [-0.39, 0.29) is 6.10 Å². The molecule has 0 fully saturated rings. The zero-order chi connectivity index (χ0) is 19.7. The maximum absolute atomic E-state index is 5.91. The molecule has 0 aromatic carbocycles. The summed E-state index contributed by atoms with van der Waals surface area (Å²) in [7, 11) is 0. The van der Waals surface area contributed by atoms with E-state index in [1.807, 2.05) is 48.7 Å². The maximum atomic E-state index is 5.91. The molecule has 0 amide bonds. The lowest BCUT2D eigenvalue weighted by molar-refractivity contribution is 0.192. The number of nitrogens with zero attached hydrogens (tertiary/aromatic N) is 5. The minimum atomic E-state index is -0.108. The summed E-state index contributed by atoms with van der Waals surface area (Å²) in [5, 5.41) is 0. The van der Waals surface area contributed by atoms with Gasteiger partial charge in [0.15, 0.2) is 5.65 Å². The molecule has 28 heavy (non-hydrogen) atoms. The first-order valence-corrected chi connectivity index (χ1v) is 8.94. The molecular formula is C20H21N7O. The number of imidazole rings is 1. The van der Waals surface area contributed by atoms with Crippen molar-refractivity contribution in [1.82, 2.24) is 24.5 Å². The number of aryl methyl sites for hydroxylation is 1. The lowest BCUT2D eigenvalue weighted by Gasteiger charge is -2.16. The van der Waals surface area contributed by atoms with E-state index >= 15 is 0 Å². The van der Waals surface area contributed by atoms with Gasteiger partial charge in [-0.05, 0) is 44.2 Å². The van der Waals surface area contributed by atoms with Crippen LogP contribution < -0.4 is 16.2 Å². The van der Waals surface area contributed by atoms with Gasteiger partial charge in [-0.1, -0.05) is 6.07 Å². The van der Waals surface area contributed by atoms with Crippen LogP contribution in [0.3, 0.4) is 0 Å². The minimum Gasteiger partial charge on any atom is -0.473 e. The van der Waals surface area contributed by atoms with Gasteiger partial charge >= 0.3 is 0 Å². The summed E-state index contributed by atoms with van der Waals surface area (Å²) in [6.07, 6.45) is 1.60. The van der Waals surface area contributed by atoms with Crippen molar-refractivity contribution in [2.24, 2.45) is 0 Å². The second-order valence-electron chi connectivity index (χ2n) is 6.61. The molecule has 142 valence electrons. The molecule has 8 heteroatoms. The average Bonchev–Trinajstić information content (AvgIpc) is 2.96. The van der Waals surface area contributed by atoms with Crippen LogP contribution in [0.15, 0.2) is 48.7 Å². The number of hydrogen-bond donors (Lipinski definition) is 2. The van der Waals surface area contributed by atoms with Gasteiger partial charge in [0.1, 0.15) is 29.1 Å². The van der Waals surface area contributed by atoms with Crippen molar-refractivity contribution in [3.8, 4) is 17.1 Å². The summed E-state index contributed by atoms with van der Waals surface area (Å²) < 4.78 is 7.95. The number of pyridine rings is 3. The van der Waals surface area contributed by atoms with Crippen LogP contribution in [0.25, 0.3) is 22.4 Å². The summed E-state index contributed by atoms with van der Waals surface area (Å²) in [5.41, 5.74) is 14.8. The lowest BCUT2D eigenvalue weighted by Crippen LogP contribution is -2.21. The Morgan fingerprint density at radius 1 is 1.04 bits per heavy atom. The van der Waals surface area contributed by atoms with Crippen molar-refractivity contribution in [1.29, 1.82) is 0 Å². The number of aromatic nitrogens is 5. The molecule has 4 rings (SSSR count). The monoisotopic (exact) mass is 375 g/mol. The van der Waals surface area contributed by atoms with Crippen LogP contribution in [0, 0.1) is 6.92 Å². The molecule has 0 saturated heterocycles. The first-order chi connectivity index (χ1) is 13.5. The molecule has 0 radical (unpaired) electrons. The Labute approximate surface area is 162 Å². The smallest absolute Gasteiger partial charge is 0.213 e. The van der Waals surface area contributed by atoms with E-state index in [1.54, 1.807) is 18.3 Å². The van der Waals surface area contributed by atoms with Gasteiger partial charge in [-0.2, -0.15) is 0 Å². The Morgan fingerprint density at radius 3 is 2.54 bits per heavy atom. The molecule has 0 unspecified atom stereocenters. The van der Waals surface area contributed by atoms with Crippen LogP contribution in [0.5, 0.6) is 5.88 Å². The van der Waals surface area contributed by atoms with Gasteiger partial charge in [-0.25, -0.2) is 19.9 Å². The number of fused-ring (bicyclic) bond motifs is 1. The zero-order valence-electron chi connectivity index (χ0n) is 15.7. The number of hydrogen-bond acceptors (Lipinski definition) is 7. The summed E-state index contributed by atoms with van der Waals surface area (Å²) in [5.74, 6) is 2.18. The fourth-order valence-corrected chi connectivity index (χ4v) is 3.13. The number of nitrogens with two attached hydrogens (primary N) is 2. The Hall–Kier alpha value is -3.68. The van der Waals surface area contributed by atoms with Gasteiger partial charge in [0.25, 0.3) is 0 Å². The quantitative estimate of drug-likeness (QED) is 0.550. The third kappa shape index (κ3) is 3.57. The fraction of sp³-hybridized carbons (Fsp3) is 0.200. The van der Waals surface area contributed by atoms with Gasteiger partial charge in [0.2, 0.25) is 5.88 Å². The lowest BCUT2D eigenvalue weighted by atomic mass is 10.1. The standard InChI is InChI=1S/C20H21N7O/c1-12(28-19-5-3-4-8-23-19)11-27-13(2)24-16-7-6-15(25-20(16)27)14-9-17(21)26-18(22)10-14/h3-10,12H,11H2,1-2H3,(H4,21,22,26)/t12-/m1/s1. The molecule has 0 aliphatic rings. The van der Waals surface area contributed by atoms with E-state index in [4.69, 9.17) is 21.2 Å². The Bertz CT molecular complexity index is 1100. The molecule has 0 bridgehead atoms. The summed E-state index contributed by atoms with van der Waals surface area (Å²) in [4.78, 5) is 17.6. The third-order valence-electron chi connectivity index (χ3n) is 4.34. The van der Waals surface area contributed by atoms with Crippen molar-refractivity contribution in [3.63, 3.8) is 0 Å². The summed E-state index contributed by atoms with van der Waals surface area (Å²) in [6, 6.07) is 12.9. The number of ether oxygens (including phenoxy) is 1. The molecule has 4 aromatic rings. The van der Waals surface area contributed by atoms with E-state index < -0.39 is 0 Å². The van der Waals surface area contributed by atoms with Gasteiger partial charge < -0.3 is 20.8 Å². The van der Waals surface area contributed by atoms with E-state index in [2.05, 4.69) is 15.0 Å². The van der Waals surface area contributed by atoms with E-state index in [9.17, 15) is 0 Å². The van der Waals surface area contributed by atoms with Crippen LogP contribution in [-0.4, -0.2) is 30.6 Å². The van der Waals surface area contributed by atoms with E-state index in [1.165, 1.54) is 0 Å². The number of nitrogen functional groups attached to an aromatic ring is 2. The molecule has 0 spiro atoms. The van der Waals surface area contributed by atoms with Crippen molar-refractivity contribution in [3.05, 3.63) is 54.5 Å².